The summed E-state index contributed by atoms with van der Waals surface area (Å²) < 4.78 is 13.2. The molecule has 0 spiro atoms. The van der Waals surface area contributed by atoms with Gasteiger partial charge in [-0.2, -0.15) is 4.39 Å². The second-order valence-electron chi connectivity index (χ2n) is 4.94. The molecule has 112 valence electrons. The third-order valence-electron chi connectivity index (χ3n) is 3.52. The lowest BCUT2D eigenvalue weighted by Gasteiger charge is -2.12. The fraction of sp³-hybridized carbons (Fsp3) is 0.385. The summed E-state index contributed by atoms with van der Waals surface area (Å²) in [6.45, 7) is 0. The highest BCUT2D eigenvalue weighted by molar-refractivity contribution is 5.95. The van der Waals surface area contributed by atoms with Gasteiger partial charge in [-0.05, 0) is 31.4 Å². The van der Waals surface area contributed by atoms with Crippen molar-refractivity contribution in [1.82, 2.24) is 5.32 Å². The fourth-order valence-corrected chi connectivity index (χ4v) is 2.40. The van der Waals surface area contributed by atoms with Gasteiger partial charge in [0.05, 0.1) is 10.8 Å². The number of hydrogen-bond acceptors (Lipinski definition) is 4. The number of nitrogens with one attached hydrogen (secondary N) is 1. The van der Waals surface area contributed by atoms with Crippen LogP contribution in [0.1, 0.15) is 29.6 Å². The number of halogens is 1. The summed E-state index contributed by atoms with van der Waals surface area (Å²) in [6.07, 6.45) is 1.33. The van der Waals surface area contributed by atoms with Crippen LogP contribution >= 0.6 is 0 Å². The Morgan fingerprint density at radius 2 is 2.10 bits per heavy atom. The van der Waals surface area contributed by atoms with Crippen LogP contribution in [0.15, 0.2) is 18.2 Å². The summed E-state index contributed by atoms with van der Waals surface area (Å²) in [5.41, 5.74) is -0.792. The molecule has 0 saturated heterocycles. The number of carboxylic acid groups (broad SMARTS) is 1. The summed E-state index contributed by atoms with van der Waals surface area (Å²) in [4.78, 5) is 32.5. The molecule has 0 aliphatic heterocycles. The minimum atomic E-state index is -1.01. The number of aliphatic carboxylic acids is 1. The van der Waals surface area contributed by atoms with Gasteiger partial charge in [-0.25, -0.2) is 0 Å². The maximum Gasteiger partial charge on any atom is 0.306 e. The van der Waals surface area contributed by atoms with E-state index in [1.54, 1.807) is 0 Å². The number of carboxylic acids is 1. The summed E-state index contributed by atoms with van der Waals surface area (Å²) in [5.74, 6) is -2.97. The number of rotatable bonds is 4. The molecular weight excluding hydrogens is 283 g/mol. The molecule has 0 heterocycles. The van der Waals surface area contributed by atoms with Gasteiger partial charge in [-0.3, -0.25) is 19.7 Å². The number of nitro groups is 1. The van der Waals surface area contributed by atoms with Crippen LogP contribution in [0, 0.1) is 21.8 Å². The third kappa shape index (κ3) is 3.33. The normalized spacial score (nSPS) is 21.0. The molecule has 1 fully saturated rings. The summed E-state index contributed by atoms with van der Waals surface area (Å²) >= 11 is 0. The zero-order valence-electron chi connectivity index (χ0n) is 10.9. The van der Waals surface area contributed by atoms with Gasteiger partial charge in [0.15, 0.2) is 0 Å². The molecule has 1 aliphatic rings. The molecule has 7 nitrogen and oxygen atoms in total. The average molecular weight is 296 g/mol. The molecule has 0 unspecified atom stereocenters. The molecular formula is C13H13FN2O5. The summed E-state index contributed by atoms with van der Waals surface area (Å²) in [7, 11) is 0. The van der Waals surface area contributed by atoms with E-state index in [2.05, 4.69) is 5.32 Å². The predicted molar refractivity (Wildman–Crippen MR) is 69.3 cm³/mol. The van der Waals surface area contributed by atoms with E-state index in [-0.39, 0.29) is 11.6 Å². The third-order valence-corrected chi connectivity index (χ3v) is 3.52. The van der Waals surface area contributed by atoms with Crippen LogP contribution in [0.3, 0.4) is 0 Å². The smallest absolute Gasteiger partial charge is 0.306 e. The standard InChI is InChI=1S/C13H13FN2O5/c14-10-4-2-7(6-11(10)16(20)21)12(17)15-9-3-1-8(5-9)13(18)19/h2,4,6,8-9H,1,3,5H2,(H,15,17)(H,18,19)/t8-,9+/m1/s1. The highest BCUT2D eigenvalue weighted by Gasteiger charge is 2.31. The van der Waals surface area contributed by atoms with Crippen molar-refractivity contribution in [2.45, 2.75) is 25.3 Å². The lowest BCUT2D eigenvalue weighted by Crippen LogP contribution is -2.33. The Bertz CT molecular complexity index is 604. The van der Waals surface area contributed by atoms with E-state index in [1.807, 2.05) is 0 Å². The molecule has 1 aromatic rings. The maximum atomic E-state index is 13.2. The van der Waals surface area contributed by atoms with Gasteiger partial charge in [0.2, 0.25) is 5.82 Å². The van der Waals surface area contributed by atoms with Crippen molar-refractivity contribution in [1.29, 1.82) is 0 Å². The summed E-state index contributed by atoms with van der Waals surface area (Å²) in [6, 6.07) is 2.60. The minimum absolute atomic E-state index is 0.0260. The van der Waals surface area contributed by atoms with Crippen LogP contribution in [0.4, 0.5) is 10.1 Å². The Balaban J connectivity index is 2.06. The number of carbonyl (C=O) groups excluding carboxylic acids is 1. The molecule has 0 aromatic heterocycles. The van der Waals surface area contributed by atoms with Gasteiger partial charge in [-0.1, -0.05) is 0 Å². The molecule has 0 bridgehead atoms. The van der Waals surface area contributed by atoms with Crippen molar-refractivity contribution in [3.8, 4) is 0 Å². The van der Waals surface area contributed by atoms with E-state index in [1.165, 1.54) is 0 Å². The van der Waals surface area contributed by atoms with Crippen molar-refractivity contribution >= 4 is 17.6 Å². The Kier molecular flexibility index (Phi) is 4.15. The highest BCUT2D eigenvalue weighted by Crippen LogP contribution is 2.26. The second-order valence-corrected chi connectivity index (χ2v) is 4.94. The molecule has 1 saturated carbocycles. The number of nitro benzene ring substituents is 1. The number of nitrogens with zero attached hydrogens (tertiary/aromatic N) is 1. The minimum Gasteiger partial charge on any atom is -0.481 e. The first kappa shape index (κ1) is 14.9. The predicted octanol–water partition coefficient (Wildman–Crippen LogP) is 1.72. The number of carbonyl (C=O) groups is 2. The first-order chi connectivity index (χ1) is 9.88. The van der Waals surface area contributed by atoms with Crippen LogP contribution in [-0.4, -0.2) is 27.9 Å². The fourth-order valence-electron chi connectivity index (χ4n) is 2.40. The molecule has 2 atom stereocenters. The van der Waals surface area contributed by atoms with Crippen LogP contribution in [0.5, 0.6) is 0 Å². The molecule has 1 amide bonds. The average Bonchev–Trinajstić information content (AvgIpc) is 2.87. The maximum absolute atomic E-state index is 13.2. The van der Waals surface area contributed by atoms with Crippen molar-refractivity contribution in [2.24, 2.45) is 5.92 Å². The van der Waals surface area contributed by atoms with Crippen molar-refractivity contribution in [2.75, 3.05) is 0 Å². The van der Waals surface area contributed by atoms with Crippen LogP contribution in [0.2, 0.25) is 0 Å². The topological polar surface area (TPSA) is 110 Å². The van der Waals surface area contributed by atoms with Gasteiger partial charge in [0, 0.05) is 17.7 Å². The van der Waals surface area contributed by atoms with E-state index in [4.69, 9.17) is 5.11 Å². The van der Waals surface area contributed by atoms with Gasteiger partial charge in [-0.15, -0.1) is 0 Å². The molecule has 2 rings (SSSR count). The van der Waals surface area contributed by atoms with E-state index in [0.717, 1.165) is 18.2 Å². The highest BCUT2D eigenvalue weighted by atomic mass is 19.1. The largest absolute Gasteiger partial charge is 0.481 e. The van der Waals surface area contributed by atoms with Crippen molar-refractivity contribution < 1.29 is 24.0 Å². The van der Waals surface area contributed by atoms with Crippen LogP contribution < -0.4 is 5.32 Å². The number of amides is 1. The molecule has 2 N–H and O–H groups in total. The monoisotopic (exact) mass is 296 g/mol. The Labute approximate surface area is 118 Å². The van der Waals surface area contributed by atoms with Gasteiger partial charge < -0.3 is 10.4 Å². The van der Waals surface area contributed by atoms with Crippen LogP contribution in [0.25, 0.3) is 0 Å². The van der Waals surface area contributed by atoms with Gasteiger partial charge in [0.1, 0.15) is 0 Å². The Hall–Kier alpha value is -2.51. The zero-order chi connectivity index (χ0) is 15.6. The first-order valence-electron chi connectivity index (χ1n) is 6.36. The van der Waals surface area contributed by atoms with Gasteiger partial charge >= 0.3 is 11.7 Å². The van der Waals surface area contributed by atoms with E-state index >= 15 is 0 Å². The molecule has 1 aliphatic carbocycles. The SMILES string of the molecule is O=C(N[C@H]1CC[C@@H](C(=O)O)C1)c1ccc(F)c([N+](=O)[O-])c1. The van der Waals surface area contributed by atoms with Crippen molar-refractivity contribution in [3.05, 3.63) is 39.7 Å². The van der Waals surface area contributed by atoms with Gasteiger partial charge in [0.25, 0.3) is 5.91 Å². The number of benzene rings is 1. The van der Waals surface area contributed by atoms with Crippen LogP contribution in [-0.2, 0) is 4.79 Å². The lowest BCUT2D eigenvalue weighted by molar-refractivity contribution is -0.387. The summed E-state index contributed by atoms with van der Waals surface area (Å²) in [5, 5.41) is 22.1. The zero-order valence-corrected chi connectivity index (χ0v) is 10.9. The Morgan fingerprint density at radius 1 is 1.38 bits per heavy atom. The quantitative estimate of drug-likeness (QED) is 0.649. The lowest BCUT2D eigenvalue weighted by atomic mass is 10.1. The molecule has 1 aromatic carbocycles. The second kappa shape index (κ2) is 5.86. The van der Waals surface area contributed by atoms with E-state index in [9.17, 15) is 24.1 Å². The molecule has 8 heteroatoms. The van der Waals surface area contributed by atoms with E-state index < -0.39 is 34.2 Å². The Morgan fingerprint density at radius 3 is 2.67 bits per heavy atom. The van der Waals surface area contributed by atoms with E-state index in [0.29, 0.717) is 19.3 Å². The van der Waals surface area contributed by atoms with Crippen molar-refractivity contribution in [3.63, 3.8) is 0 Å². The number of hydrogen-bond donors (Lipinski definition) is 2. The molecule has 21 heavy (non-hydrogen) atoms. The first-order valence-corrected chi connectivity index (χ1v) is 6.36. The molecule has 0 radical (unpaired) electrons.